The van der Waals surface area contributed by atoms with Gasteiger partial charge in [-0.2, -0.15) is 0 Å². The van der Waals surface area contributed by atoms with Gasteiger partial charge in [0.05, 0.1) is 13.2 Å². The van der Waals surface area contributed by atoms with Crippen LogP contribution in [0.2, 0.25) is 0 Å². The van der Waals surface area contributed by atoms with Crippen molar-refractivity contribution in [3.05, 3.63) is 43.5 Å². The number of ether oxygens (including phenoxy) is 4. The first-order valence-corrected chi connectivity index (χ1v) is 12.0. The normalized spacial score (nSPS) is 22.6. The third-order valence-electron chi connectivity index (χ3n) is 4.96. The van der Waals surface area contributed by atoms with E-state index in [0.717, 1.165) is 74.4 Å². The topological polar surface area (TPSA) is 36.9 Å². The summed E-state index contributed by atoms with van der Waals surface area (Å²) in [7, 11) is 0. The van der Waals surface area contributed by atoms with E-state index in [0.29, 0.717) is 0 Å². The highest BCUT2D eigenvalue weighted by atomic mass is 127. The van der Waals surface area contributed by atoms with Crippen LogP contribution in [0, 0.1) is 7.14 Å². The minimum absolute atomic E-state index is 0.138. The van der Waals surface area contributed by atoms with E-state index >= 15 is 0 Å². The van der Waals surface area contributed by atoms with E-state index in [2.05, 4.69) is 69.4 Å². The Hall–Kier alpha value is -0.580. The molecular formula is C22H24I2O4. The summed E-state index contributed by atoms with van der Waals surface area (Å²) in [4.78, 5) is 0. The number of hydrogen-bond acceptors (Lipinski definition) is 4. The van der Waals surface area contributed by atoms with Crippen molar-refractivity contribution in [2.45, 2.75) is 51.1 Å². The molecule has 2 aliphatic heterocycles. The second-order valence-electron chi connectivity index (χ2n) is 7.12. The quantitative estimate of drug-likeness (QED) is 0.371. The molecular weight excluding hydrogens is 582 g/mol. The van der Waals surface area contributed by atoms with Crippen LogP contribution in [0.3, 0.4) is 0 Å². The summed E-state index contributed by atoms with van der Waals surface area (Å²) in [5.41, 5.74) is 2.26. The summed E-state index contributed by atoms with van der Waals surface area (Å²) >= 11 is 4.77. The first-order valence-electron chi connectivity index (χ1n) is 9.85. The molecule has 2 unspecified atom stereocenters. The van der Waals surface area contributed by atoms with Crippen LogP contribution >= 0.6 is 45.2 Å². The van der Waals surface area contributed by atoms with Gasteiger partial charge in [-0.15, -0.1) is 0 Å². The van der Waals surface area contributed by atoms with Crippen LogP contribution in [-0.4, -0.2) is 25.8 Å². The van der Waals surface area contributed by atoms with Gasteiger partial charge in [-0.1, -0.05) is 12.1 Å². The van der Waals surface area contributed by atoms with Crippen LogP contribution in [-0.2, 0) is 9.47 Å². The maximum Gasteiger partial charge on any atom is 0.199 e. The van der Waals surface area contributed by atoms with Crippen LogP contribution in [0.1, 0.15) is 38.5 Å². The Labute approximate surface area is 193 Å². The molecule has 4 nitrogen and oxygen atoms in total. The maximum absolute atomic E-state index is 6.12. The molecule has 2 atom stereocenters. The van der Waals surface area contributed by atoms with Crippen LogP contribution in [0.5, 0.6) is 11.5 Å². The predicted molar refractivity (Wildman–Crippen MR) is 126 cm³/mol. The van der Waals surface area contributed by atoms with Crippen molar-refractivity contribution in [1.29, 1.82) is 0 Å². The molecule has 0 radical (unpaired) electrons. The monoisotopic (exact) mass is 606 g/mol. The zero-order chi connectivity index (χ0) is 19.3. The Balaban J connectivity index is 1.56. The molecule has 0 saturated carbocycles. The SMILES string of the molecule is Ic1cc(OC2CCCCO2)cc(-c2cccc(OC3CCCCO3)c2)c1I. The molecule has 0 amide bonds. The fraction of sp³-hybridized carbons (Fsp3) is 0.455. The summed E-state index contributed by atoms with van der Waals surface area (Å²) in [5, 5.41) is 0. The van der Waals surface area contributed by atoms with E-state index in [9.17, 15) is 0 Å². The Morgan fingerprint density at radius 2 is 1.46 bits per heavy atom. The van der Waals surface area contributed by atoms with Gasteiger partial charge in [0.2, 0.25) is 0 Å². The molecule has 28 heavy (non-hydrogen) atoms. The average Bonchev–Trinajstić information content (AvgIpc) is 2.72. The predicted octanol–water partition coefficient (Wildman–Crippen LogP) is 6.37. The number of rotatable bonds is 5. The zero-order valence-electron chi connectivity index (χ0n) is 15.7. The Kier molecular flexibility index (Phi) is 7.35. The van der Waals surface area contributed by atoms with Crippen LogP contribution in [0.4, 0.5) is 0 Å². The standard InChI is InChI=1S/C22H24I2O4/c23-19-14-17(28-21-9-2-4-11-26-21)13-18(22(19)24)15-6-5-7-16(12-15)27-20-8-1-3-10-25-20/h5-7,12-14,20-21H,1-4,8-11H2. The van der Waals surface area contributed by atoms with Crippen molar-refractivity contribution in [2.24, 2.45) is 0 Å². The Morgan fingerprint density at radius 1 is 0.786 bits per heavy atom. The van der Waals surface area contributed by atoms with Gasteiger partial charge in [0.25, 0.3) is 0 Å². The summed E-state index contributed by atoms with van der Waals surface area (Å²) in [6.07, 6.45) is 6.16. The highest BCUT2D eigenvalue weighted by Gasteiger charge is 2.18. The molecule has 0 N–H and O–H groups in total. The molecule has 2 aromatic carbocycles. The second kappa shape index (κ2) is 9.95. The van der Waals surface area contributed by atoms with Crippen molar-refractivity contribution < 1.29 is 18.9 Å². The first-order chi connectivity index (χ1) is 13.7. The van der Waals surface area contributed by atoms with Gasteiger partial charge in [-0.3, -0.25) is 0 Å². The minimum Gasteiger partial charge on any atom is -0.465 e. The van der Waals surface area contributed by atoms with Crippen LogP contribution < -0.4 is 9.47 Å². The molecule has 2 heterocycles. The van der Waals surface area contributed by atoms with Gasteiger partial charge in [0, 0.05) is 20.0 Å². The number of benzene rings is 2. The van der Waals surface area contributed by atoms with Crippen molar-refractivity contribution in [3.8, 4) is 22.6 Å². The molecule has 0 aromatic heterocycles. The molecule has 2 aliphatic rings. The first kappa shape index (κ1) is 20.7. The lowest BCUT2D eigenvalue weighted by Crippen LogP contribution is -2.25. The van der Waals surface area contributed by atoms with Crippen molar-refractivity contribution in [2.75, 3.05) is 13.2 Å². The van der Waals surface area contributed by atoms with Gasteiger partial charge >= 0.3 is 0 Å². The molecule has 0 bridgehead atoms. The van der Waals surface area contributed by atoms with Crippen molar-refractivity contribution >= 4 is 45.2 Å². The van der Waals surface area contributed by atoms with E-state index in [1.165, 1.54) is 7.14 Å². The van der Waals surface area contributed by atoms with E-state index in [1.807, 2.05) is 12.1 Å². The molecule has 2 saturated heterocycles. The van der Waals surface area contributed by atoms with E-state index in [-0.39, 0.29) is 12.6 Å². The van der Waals surface area contributed by atoms with Crippen LogP contribution in [0.15, 0.2) is 36.4 Å². The highest BCUT2D eigenvalue weighted by Crippen LogP contribution is 2.35. The summed E-state index contributed by atoms with van der Waals surface area (Å²) in [6.45, 7) is 1.56. The lowest BCUT2D eigenvalue weighted by Gasteiger charge is -2.24. The van der Waals surface area contributed by atoms with Gasteiger partial charge in [-0.25, -0.2) is 0 Å². The third-order valence-corrected chi connectivity index (χ3v) is 8.00. The Bertz CT molecular complexity index is 799. The van der Waals surface area contributed by atoms with Gasteiger partial charge in [0.1, 0.15) is 11.5 Å². The fourth-order valence-corrected chi connectivity index (χ4v) is 4.71. The lowest BCUT2D eigenvalue weighted by atomic mass is 10.1. The molecule has 0 spiro atoms. The zero-order valence-corrected chi connectivity index (χ0v) is 20.0. The third kappa shape index (κ3) is 5.31. The lowest BCUT2D eigenvalue weighted by molar-refractivity contribution is -0.106. The van der Waals surface area contributed by atoms with Gasteiger partial charge < -0.3 is 18.9 Å². The van der Waals surface area contributed by atoms with Crippen LogP contribution in [0.25, 0.3) is 11.1 Å². The van der Waals surface area contributed by atoms with Crippen molar-refractivity contribution in [3.63, 3.8) is 0 Å². The van der Waals surface area contributed by atoms with E-state index in [1.54, 1.807) is 0 Å². The number of hydrogen-bond donors (Lipinski definition) is 0. The molecule has 2 fully saturated rings. The maximum atomic E-state index is 6.12. The molecule has 150 valence electrons. The fourth-order valence-electron chi connectivity index (χ4n) is 3.49. The average molecular weight is 606 g/mol. The highest BCUT2D eigenvalue weighted by molar-refractivity contribution is 14.1. The largest absolute Gasteiger partial charge is 0.465 e. The smallest absolute Gasteiger partial charge is 0.199 e. The molecule has 0 aliphatic carbocycles. The molecule has 2 aromatic rings. The molecule has 6 heteroatoms. The van der Waals surface area contributed by atoms with Gasteiger partial charge in [-0.05, 0) is 106 Å². The summed E-state index contributed by atoms with van der Waals surface area (Å²) in [6, 6.07) is 12.4. The summed E-state index contributed by atoms with van der Waals surface area (Å²) in [5.74, 6) is 1.70. The molecule has 4 rings (SSSR count). The Morgan fingerprint density at radius 3 is 2.11 bits per heavy atom. The minimum atomic E-state index is -0.143. The van der Waals surface area contributed by atoms with Crippen molar-refractivity contribution in [1.82, 2.24) is 0 Å². The van der Waals surface area contributed by atoms with E-state index < -0.39 is 0 Å². The van der Waals surface area contributed by atoms with Gasteiger partial charge in [0.15, 0.2) is 12.6 Å². The second-order valence-corrected chi connectivity index (χ2v) is 9.36. The summed E-state index contributed by atoms with van der Waals surface area (Å²) < 4.78 is 26.0. The van der Waals surface area contributed by atoms with E-state index in [4.69, 9.17) is 18.9 Å². The number of halogens is 2.